The number of amides is 1. The number of rotatable bonds is 8. The van der Waals surface area contributed by atoms with E-state index in [0.29, 0.717) is 12.3 Å². The van der Waals surface area contributed by atoms with Crippen molar-refractivity contribution in [2.45, 2.75) is 26.3 Å². The first-order valence-electron chi connectivity index (χ1n) is 5.64. The van der Waals surface area contributed by atoms with Crippen molar-refractivity contribution in [2.24, 2.45) is 17.6 Å². The summed E-state index contributed by atoms with van der Waals surface area (Å²) in [6, 6.07) is -1.02. The molecular weight excluding hydrogens is 224 g/mol. The number of carbonyl (C=O) groups excluding carboxylic acids is 1. The molecular formula is C11H22N2O4. The Hall–Kier alpha value is -1.14. The van der Waals surface area contributed by atoms with Crippen LogP contribution in [-0.2, 0) is 14.3 Å². The Labute approximate surface area is 102 Å². The molecule has 0 bridgehead atoms. The number of ether oxygens (including phenoxy) is 1. The largest absolute Gasteiger partial charge is 0.480 e. The van der Waals surface area contributed by atoms with Crippen molar-refractivity contribution >= 4 is 11.9 Å². The Morgan fingerprint density at radius 2 is 2.00 bits per heavy atom. The lowest BCUT2D eigenvalue weighted by atomic mass is 9.96. The van der Waals surface area contributed by atoms with Crippen molar-refractivity contribution in [1.82, 2.24) is 5.32 Å². The molecule has 0 fully saturated rings. The minimum atomic E-state index is -1.11. The number of hydrogen-bond acceptors (Lipinski definition) is 4. The van der Waals surface area contributed by atoms with Crippen LogP contribution in [0.2, 0.25) is 0 Å². The zero-order valence-electron chi connectivity index (χ0n) is 10.6. The van der Waals surface area contributed by atoms with Gasteiger partial charge in [0.1, 0.15) is 0 Å². The zero-order chi connectivity index (χ0) is 13.4. The minimum absolute atomic E-state index is 0.0555. The van der Waals surface area contributed by atoms with E-state index in [1.807, 2.05) is 13.8 Å². The fourth-order valence-corrected chi connectivity index (χ4v) is 1.51. The molecule has 0 aromatic carbocycles. The number of nitrogens with one attached hydrogen (secondary N) is 1. The number of carboxylic acid groups (broad SMARTS) is 1. The smallest absolute Gasteiger partial charge is 0.328 e. The van der Waals surface area contributed by atoms with E-state index in [1.54, 1.807) is 0 Å². The van der Waals surface area contributed by atoms with E-state index < -0.39 is 12.0 Å². The van der Waals surface area contributed by atoms with E-state index in [-0.39, 0.29) is 25.0 Å². The van der Waals surface area contributed by atoms with E-state index in [9.17, 15) is 9.59 Å². The van der Waals surface area contributed by atoms with Crippen LogP contribution in [-0.4, -0.2) is 43.3 Å². The molecule has 1 amide bonds. The van der Waals surface area contributed by atoms with Crippen molar-refractivity contribution in [3.05, 3.63) is 0 Å². The van der Waals surface area contributed by atoms with Crippen molar-refractivity contribution in [3.8, 4) is 0 Å². The molecule has 17 heavy (non-hydrogen) atoms. The molecule has 0 spiro atoms. The Kier molecular flexibility index (Phi) is 7.49. The van der Waals surface area contributed by atoms with Crippen molar-refractivity contribution in [3.63, 3.8) is 0 Å². The summed E-state index contributed by atoms with van der Waals surface area (Å²) >= 11 is 0. The lowest BCUT2D eigenvalue weighted by molar-refractivity contribution is -0.144. The summed E-state index contributed by atoms with van der Waals surface area (Å²) in [7, 11) is 1.39. The third-order valence-corrected chi connectivity index (χ3v) is 2.36. The summed E-state index contributed by atoms with van der Waals surface area (Å²) in [5.41, 5.74) is 5.51. The first-order valence-corrected chi connectivity index (χ1v) is 5.64. The molecule has 6 heteroatoms. The molecule has 4 N–H and O–H groups in total. The summed E-state index contributed by atoms with van der Waals surface area (Å²) in [4.78, 5) is 22.6. The molecule has 0 heterocycles. The first kappa shape index (κ1) is 15.9. The third kappa shape index (κ3) is 6.23. The van der Waals surface area contributed by atoms with Gasteiger partial charge in [-0.3, -0.25) is 4.79 Å². The van der Waals surface area contributed by atoms with Crippen molar-refractivity contribution in [1.29, 1.82) is 0 Å². The molecule has 2 atom stereocenters. The van der Waals surface area contributed by atoms with E-state index >= 15 is 0 Å². The molecule has 0 aliphatic heterocycles. The normalized spacial score (nSPS) is 14.4. The maximum Gasteiger partial charge on any atom is 0.328 e. The van der Waals surface area contributed by atoms with Gasteiger partial charge in [-0.05, 0) is 12.3 Å². The predicted molar refractivity (Wildman–Crippen MR) is 63.4 cm³/mol. The highest BCUT2D eigenvalue weighted by Gasteiger charge is 2.24. The molecule has 0 aliphatic rings. The number of nitrogens with two attached hydrogens (primary N) is 1. The van der Waals surface area contributed by atoms with E-state index in [2.05, 4.69) is 5.32 Å². The minimum Gasteiger partial charge on any atom is -0.480 e. The summed E-state index contributed by atoms with van der Waals surface area (Å²) in [5.74, 6) is -1.46. The lowest BCUT2D eigenvalue weighted by Gasteiger charge is -2.20. The zero-order valence-corrected chi connectivity index (χ0v) is 10.6. The van der Waals surface area contributed by atoms with Gasteiger partial charge in [0.25, 0.3) is 0 Å². The average Bonchev–Trinajstić information content (AvgIpc) is 2.24. The van der Waals surface area contributed by atoms with Crippen LogP contribution in [0.4, 0.5) is 0 Å². The Morgan fingerprint density at radius 3 is 2.35 bits per heavy atom. The maximum absolute atomic E-state index is 11.8. The van der Waals surface area contributed by atoms with Crippen LogP contribution >= 0.6 is 0 Å². The quantitative estimate of drug-likeness (QED) is 0.551. The standard InChI is InChI=1S/C11H22N2O4/c1-7(2)4-8(5-12)10(14)13-9(6-17-3)11(15)16/h7-9H,4-6,12H2,1-3H3,(H,13,14)(H,15,16). The Morgan fingerprint density at radius 1 is 1.41 bits per heavy atom. The highest BCUT2D eigenvalue weighted by Crippen LogP contribution is 2.10. The SMILES string of the molecule is COCC(NC(=O)C(CN)CC(C)C)C(=O)O. The molecule has 2 unspecified atom stereocenters. The van der Waals surface area contributed by atoms with Crippen molar-refractivity contribution < 1.29 is 19.4 Å². The number of methoxy groups -OCH3 is 1. The van der Waals surface area contributed by atoms with Crippen LogP contribution in [0, 0.1) is 11.8 Å². The van der Waals surface area contributed by atoms with Crippen LogP contribution in [0.3, 0.4) is 0 Å². The van der Waals surface area contributed by atoms with Crippen LogP contribution < -0.4 is 11.1 Å². The highest BCUT2D eigenvalue weighted by atomic mass is 16.5. The molecule has 100 valence electrons. The van der Waals surface area contributed by atoms with Gasteiger partial charge in [-0.25, -0.2) is 4.79 Å². The summed E-state index contributed by atoms with van der Waals surface area (Å²) in [6.07, 6.45) is 0.641. The van der Waals surface area contributed by atoms with Gasteiger partial charge >= 0.3 is 5.97 Å². The van der Waals surface area contributed by atoms with Crippen LogP contribution in [0.1, 0.15) is 20.3 Å². The van der Waals surface area contributed by atoms with Gasteiger partial charge in [-0.1, -0.05) is 13.8 Å². The van der Waals surface area contributed by atoms with Crippen LogP contribution in [0.15, 0.2) is 0 Å². The van der Waals surface area contributed by atoms with Crippen LogP contribution in [0.25, 0.3) is 0 Å². The van der Waals surface area contributed by atoms with Gasteiger partial charge in [0.2, 0.25) is 5.91 Å². The summed E-state index contributed by atoms with van der Waals surface area (Å²) in [6.45, 7) is 4.13. The highest BCUT2D eigenvalue weighted by molar-refractivity contribution is 5.85. The maximum atomic E-state index is 11.8. The average molecular weight is 246 g/mol. The monoisotopic (exact) mass is 246 g/mol. The second-order valence-corrected chi connectivity index (χ2v) is 4.42. The van der Waals surface area contributed by atoms with Gasteiger partial charge in [-0.2, -0.15) is 0 Å². The Bertz CT molecular complexity index is 256. The second-order valence-electron chi connectivity index (χ2n) is 4.42. The van der Waals surface area contributed by atoms with E-state index in [1.165, 1.54) is 7.11 Å². The van der Waals surface area contributed by atoms with Gasteiger partial charge in [0, 0.05) is 13.7 Å². The van der Waals surface area contributed by atoms with Gasteiger partial charge < -0.3 is 20.9 Å². The fraction of sp³-hybridized carbons (Fsp3) is 0.818. The molecule has 0 rings (SSSR count). The van der Waals surface area contributed by atoms with Crippen molar-refractivity contribution in [2.75, 3.05) is 20.3 Å². The summed E-state index contributed by atoms with van der Waals surface area (Å²) in [5, 5.41) is 11.3. The molecule has 6 nitrogen and oxygen atoms in total. The first-order chi connectivity index (χ1) is 7.92. The van der Waals surface area contributed by atoms with E-state index in [4.69, 9.17) is 15.6 Å². The Balaban J connectivity index is 4.40. The molecule has 0 radical (unpaired) electrons. The molecule has 0 aromatic heterocycles. The number of carboxylic acids is 1. The van der Waals surface area contributed by atoms with Gasteiger partial charge in [0.15, 0.2) is 6.04 Å². The third-order valence-electron chi connectivity index (χ3n) is 2.36. The number of aliphatic carboxylic acids is 1. The molecule has 0 saturated carbocycles. The predicted octanol–water partition coefficient (Wildman–Crippen LogP) is -0.177. The van der Waals surface area contributed by atoms with Gasteiger partial charge in [0.05, 0.1) is 12.5 Å². The fourth-order valence-electron chi connectivity index (χ4n) is 1.51. The molecule has 0 saturated heterocycles. The number of hydrogen-bond donors (Lipinski definition) is 3. The lowest BCUT2D eigenvalue weighted by Crippen LogP contribution is -2.47. The topological polar surface area (TPSA) is 102 Å². The summed E-state index contributed by atoms with van der Waals surface area (Å²) < 4.78 is 4.73. The molecule has 0 aromatic rings. The van der Waals surface area contributed by atoms with Gasteiger partial charge in [-0.15, -0.1) is 0 Å². The van der Waals surface area contributed by atoms with Crippen LogP contribution in [0.5, 0.6) is 0 Å². The molecule has 0 aliphatic carbocycles. The number of carbonyl (C=O) groups is 2. The second kappa shape index (κ2) is 8.03. The van der Waals surface area contributed by atoms with E-state index in [0.717, 1.165) is 0 Å².